The summed E-state index contributed by atoms with van der Waals surface area (Å²) in [6.45, 7) is 1.99. The third-order valence-electron chi connectivity index (χ3n) is 5.04. The number of carbonyl (C=O) groups excluding carboxylic acids is 1. The Kier molecular flexibility index (Phi) is 5.71. The fraction of sp³-hybridized carbons (Fsp3) is 0.238. The van der Waals surface area contributed by atoms with Crippen molar-refractivity contribution >= 4 is 28.8 Å². The zero-order valence-corrected chi connectivity index (χ0v) is 16.6. The van der Waals surface area contributed by atoms with E-state index in [0.29, 0.717) is 6.54 Å². The van der Waals surface area contributed by atoms with E-state index in [2.05, 4.69) is 33.4 Å². The van der Waals surface area contributed by atoms with Crippen molar-refractivity contribution in [2.24, 2.45) is 0 Å². The highest BCUT2D eigenvalue weighted by Crippen LogP contribution is 2.28. The Morgan fingerprint density at radius 1 is 1.25 bits per heavy atom. The summed E-state index contributed by atoms with van der Waals surface area (Å²) in [5.41, 5.74) is 5.22. The standard InChI is InChI=1S/C21H19ClFN3OS/c22-16-6-3-7-17(23)20(16)21(27)24-10-19(18-12-28-13-25-18)26-9-8-14-4-1-2-5-15(14)11-26/h1-7,12-13,19H,8-11H2,(H,24,27). The van der Waals surface area contributed by atoms with Gasteiger partial charge < -0.3 is 5.32 Å². The molecule has 0 fully saturated rings. The Hall–Kier alpha value is -2.28. The molecular weight excluding hydrogens is 397 g/mol. The molecule has 2 aromatic carbocycles. The number of amides is 1. The first-order chi connectivity index (χ1) is 13.6. The van der Waals surface area contributed by atoms with Gasteiger partial charge in [0, 0.05) is 25.0 Å². The van der Waals surface area contributed by atoms with Crippen molar-refractivity contribution in [1.82, 2.24) is 15.2 Å². The van der Waals surface area contributed by atoms with E-state index in [0.717, 1.165) is 25.2 Å². The van der Waals surface area contributed by atoms with E-state index in [1.807, 2.05) is 11.4 Å². The van der Waals surface area contributed by atoms with Crippen molar-refractivity contribution in [3.8, 4) is 0 Å². The van der Waals surface area contributed by atoms with Crippen LogP contribution in [0.5, 0.6) is 0 Å². The minimum absolute atomic E-state index is 0.0888. The number of nitrogens with one attached hydrogen (secondary N) is 1. The van der Waals surface area contributed by atoms with Crippen LogP contribution in [0, 0.1) is 5.82 Å². The number of fused-ring (bicyclic) bond motifs is 1. The third-order valence-corrected chi connectivity index (χ3v) is 5.96. The van der Waals surface area contributed by atoms with Crippen molar-refractivity contribution in [3.63, 3.8) is 0 Å². The van der Waals surface area contributed by atoms with Crippen molar-refractivity contribution in [2.45, 2.75) is 19.0 Å². The number of carbonyl (C=O) groups is 1. The summed E-state index contributed by atoms with van der Waals surface area (Å²) in [5, 5.41) is 4.95. The highest BCUT2D eigenvalue weighted by molar-refractivity contribution is 7.07. The quantitative estimate of drug-likeness (QED) is 0.669. The lowest BCUT2D eigenvalue weighted by molar-refractivity contribution is 0.0923. The Morgan fingerprint density at radius 2 is 2.07 bits per heavy atom. The van der Waals surface area contributed by atoms with Gasteiger partial charge in [-0.3, -0.25) is 9.69 Å². The van der Waals surface area contributed by atoms with Crippen molar-refractivity contribution < 1.29 is 9.18 Å². The van der Waals surface area contributed by atoms with Gasteiger partial charge in [-0.1, -0.05) is 41.9 Å². The van der Waals surface area contributed by atoms with Gasteiger partial charge in [-0.25, -0.2) is 9.37 Å². The molecule has 28 heavy (non-hydrogen) atoms. The van der Waals surface area contributed by atoms with Gasteiger partial charge in [-0.2, -0.15) is 0 Å². The van der Waals surface area contributed by atoms with E-state index < -0.39 is 11.7 Å². The first-order valence-corrected chi connectivity index (χ1v) is 10.4. The molecule has 0 radical (unpaired) electrons. The monoisotopic (exact) mass is 415 g/mol. The van der Waals surface area contributed by atoms with E-state index in [4.69, 9.17) is 11.6 Å². The number of hydrogen-bond donors (Lipinski definition) is 1. The lowest BCUT2D eigenvalue weighted by Gasteiger charge is -2.35. The predicted octanol–water partition coefficient (Wildman–Crippen LogP) is 4.47. The lowest BCUT2D eigenvalue weighted by Crippen LogP contribution is -2.41. The average molecular weight is 416 g/mol. The molecule has 0 saturated heterocycles. The first-order valence-electron chi connectivity index (χ1n) is 9.04. The number of nitrogens with zero attached hydrogens (tertiary/aromatic N) is 2. The zero-order chi connectivity index (χ0) is 19.5. The molecule has 1 N–H and O–H groups in total. The van der Waals surface area contributed by atoms with E-state index >= 15 is 0 Å². The summed E-state index contributed by atoms with van der Waals surface area (Å²) < 4.78 is 14.1. The third kappa shape index (κ3) is 3.94. The van der Waals surface area contributed by atoms with Crippen LogP contribution in [0.4, 0.5) is 4.39 Å². The molecule has 4 nitrogen and oxygen atoms in total. The summed E-state index contributed by atoms with van der Waals surface area (Å²) in [6, 6.07) is 12.5. The van der Waals surface area contributed by atoms with Gasteiger partial charge in [0.25, 0.3) is 5.91 Å². The van der Waals surface area contributed by atoms with Crippen molar-refractivity contribution in [2.75, 3.05) is 13.1 Å². The normalized spacial score (nSPS) is 15.1. The van der Waals surface area contributed by atoms with E-state index in [1.54, 1.807) is 5.51 Å². The van der Waals surface area contributed by atoms with E-state index in [9.17, 15) is 9.18 Å². The molecule has 1 aliphatic heterocycles. The summed E-state index contributed by atoms with van der Waals surface area (Å²) in [4.78, 5) is 19.3. The van der Waals surface area contributed by atoms with Crippen LogP contribution < -0.4 is 5.32 Å². The zero-order valence-electron chi connectivity index (χ0n) is 15.1. The molecule has 1 atom stereocenters. The predicted molar refractivity (Wildman–Crippen MR) is 109 cm³/mol. The molecule has 2 heterocycles. The molecule has 4 rings (SSSR count). The molecule has 7 heteroatoms. The van der Waals surface area contributed by atoms with Gasteiger partial charge in [0.15, 0.2) is 0 Å². The number of aromatic nitrogens is 1. The fourth-order valence-corrected chi connectivity index (χ4v) is 4.43. The summed E-state index contributed by atoms with van der Waals surface area (Å²) in [6.07, 6.45) is 0.948. The van der Waals surface area contributed by atoms with Gasteiger partial charge in [-0.05, 0) is 29.7 Å². The maximum atomic E-state index is 14.1. The molecule has 144 valence electrons. The fourth-order valence-electron chi connectivity index (χ4n) is 3.58. The number of rotatable bonds is 5. The maximum Gasteiger partial charge on any atom is 0.255 e. The number of hydrogen-bond acceptors (Lipinski definition) is 4. The topological polar surface area (TPSA) is 45.2 Å². The van der Waals surface area contributed by atoms with Crippen LogP contribution in [0.1, 0.15) is 33.2 Å². The molecule has 0 aliphatic carbocycles. The van der Waals surface area contributed by atoms with E-state index in [1.165, 1.54) is 40.7 Å². The smallest absolute Gasteiger partial charge is 0.255 e. The van der Waals surface area contributed by atoms with Crippen molar-refractivity contribution in [1.29, 1.82) is 0 Å². The number of thiazole rings is 1. The summed E-state index contributed by atoms with van der Waals surface area (Å²) in [5.74, 6) is -1.14. The Labute approximate surface area is 172 Å². The molecule has 0 saturated carbocycles. The average Bonchev–Trinajstić information content (AvgIpc) is 3.22. The second-order valence-electron chi connectivity index (χ2n) is 6.72. The minimum Gasteiger partial charge on any atom is -0.350 e. The van der Waals surface area contributed by atoms with Crippen LogP contribution >= 0.6 is 22.9 Å². The lowest BCUT2D eigenvalue weighted by atomic mass is 9.98. The highest BCUT2D eigenvalue weighted by atomic mass is 35.5. The van der Waals surface area contributed by atoms with Crippen LogP contribution in [-0.2, 0) is 13.0 Å². The molecule has 1 unspecified atom stereocenters. The van der Waals surface area contributed by atoms with Crippen LogP contribution in [0.3, 0.4) is 0 Å². The van der Waals surface area contributed by atoms with Crippen LogP contribution in [0.2, 0.25) is 5.02 Å². The summed E-state index contributed by atoms with van der Waals surface area (Å²) in [7, 11) is 0. The van der Waals surface area contributed by atoms with Gasteiger partial charge in [-0.15, -0.1) is 11.3 Å². The molecule has 0 spiro atoms. The minimum atomic E-state index is -0.623. The molecule has 0 bridgehead atoms. The first kappa shape index (κ1) is 19.1. The number of halogens is 2. The van der Waals surface area contributed by atoms with Gasteiger partial charge in [0.1, 0.15) is 5.82 Å². The molecule has 1 amide bonds. The Bertz CT molecular complexity index is 959. The largest absolute Gasteiger partial charge is 0.350 e. The van der Waals surface area contributed by atoms with Crippen LogP contribution in [-0.4, -0.2) is 28.9 Å². The van der Waals surface area contributed by atoms with Crippen molar-refractivity contribution in [3.05, 3.63) is 86.6 Å². The maximum absolute atomic E-state index is 14.1. The molecule has 1 aromatic heterocycles. The van der Waals surface area contributed by atoms with Gasteiger partial charge in [0.2, 0.25) is 0 Å². The molecular formula is C21H19ClFN3OS. The SMILES string of the molecule is O=C(NCC(c1cscn1)N1CCc2ccccc2C1)c1c(F)cccc1Cl. The second kappa shape index (κ2) is 8.39. The number of benzene rings is 2. The second-order valence-corrected chi connectivity index (χ2v) is 7.85. The molecule has 1 aliphatic rings. The van der Waals surface area contributed by atoms with Gasteiger partial charge in [0.05, 0.1) is 27.8 Å². The van der Waals surface area contributed by atoms with Gasteiger partial charge >= 0.3 is 0 Å². The van der Waals surface area contributed by atoms with Crippen LogP contribution in [0.25, 0.3) is 0 Å². The highest BCUT2D eigenvalue weighted by Gasteiger charge is 2.27. The Morgan fingerprint density at radius 3 is 2.82 bits per heavy atom. The molecule has 3 aromatic rings. The Balaban J connectivity index is 1.53. The summed E-state index contributed by atoms with van der Waals surface area (Å²) >= 11 is 7.54. The van der Waals surface area contributed by atoms with Crippen LogP contribution in [0.15, 0.2) is 53.4 Å². The van der Waals surface area contributed by atoms with E-state index in [-0.39, 0.29) is 16.6 Å².